The van der Waals surface area contributed by atoms with Gasteiger partial charge in [0.15, 0.2) is 0 Å². The summed E-state index contributed by atoms with van der Waals surface area (Å²) in [5.74, 6) is 0. The van der Waals surface area contributed by atoms with Crippen LogP contribution in [0.1, 0.15) is 6.92 Å². The molecule has 0 heterocycles. The van der Waals surface area contributed by atoms with Crippen LogP contribution in [0.15, 0.2) is 0 Å². The van der Waals surface area contributed by atoms with Gasteiger partial charge in [-0.2, -0.15) is 0 Å². The number of hydrogen-bond acceptors (Lipinski definition) is 2. The van der Waals surface area contributed by atoms with E-state index in [1.54, 1.807) is 6.92 Å². The molecule has 0 spiro atoms. The van der Waals surface area contributed by atoms with Crippen LogP contribution in [0.4, 0.5) is 4.79 Å². The maximum Gasteiger partial charge on any atom is 0.403 e. The number of hydrogen-bond donors (Lipinski definition) is 0. The first-order chi connectivity index (χ1) is 2.77. The monoisotopic (exact) mass is 144 g/mol. The zero-order chi connectivity index (χ0) is 4.99. The first-order valence-electron chi connectivity index (χ1n) is 1.59. The number of carbonyl (C=O) groups is 1. The summed E-state index contributed by atoms with van der Waals surface area (Å²) in [4.78, 5) is 9.59. The molecule has 0 rings (SSSR count). The largest absolute Gasteiger partial charge is 0.454 e. The molecular weight excluding hydrogens is 139 g/mol. The molecule has 4 heteroatoms. The topological polar surface area (TPSA) is 26.3 Å². The SMILES string of the molecule is CCOC(=O)Cl.Cl. The van der Waals surface area contributed by atoms with E-state index in [9.17, 15) is 4.79 Å². The third kappa shape index (κ3) is 10.7. The first kappa shape index (κ1) is 10.1. The van der Waals surface area contributed by atoms with Crippen LogP contribution in [-0.4, -0.2) is 12.0 Å². The third-order valence-electron chi connectivity index (χ3n) is 0.258. The summed E-state index contributed by atoms with van der Waals surface area (Å²) < 4.78 is 4.17. The highest BCUT2D eigenvalue weighted by atomic mass is 35.5. The second kappa shape index (κ2) is 6.05. The van der Waals surface area contributed by atoms with Crippen molar-refractivity contribution in [2.24, 2.45) is 0 Å². The van der Waals surface area contributed by atoms with E-state index < -0.39 is 5.43 Å². The Morgan fingerprint density at radius 3 is 2.29 bits per heavy atom. The summed E-state index contributed by atoms with van der Waals surface area (Å²) >= 11 is 4.72. The maximum absolute atomic E-state index is 9.59. The molecule has 0 saturated heterocycles. The van der Waals surface area contributed by atoms with E-state index in [1.165, 1.54) is 0 Å². The second-order valence-electron chi connectivity index (χ2n) is 0.671. The fraction of sp³-hybridized carbons (Fsp3) is 0.667. The van der Waals surface area contributed by atoms with E-state index >= 15 is 0 Å². The molecule has 0 aliphatic carbocycles. The summed E-state index contributed by atoms with van der Waals surface area (Å²) in [7, 11) is 0. The van der Waals surface area contributed by atoms with Crippen molar-refractivity contribution in [1.29, 1.82) is 0 Å². The van der Waals surface area contributed by atoms with E-state index in [1.807, 2.05) is 0 Å². The van der Waals surface area contributed by atoms with Gasteiger partial charge in [-0.3, -0.25) is 0 Å². The van der Waals surface area contributed by atoms with Gasteiger partial charge in [-0.05, 0) is 6.92 Å². The van der Waals surface area contributed by atoms with Gasteiger partial charge >= 0.3 is 5.43 Å². The van der Waals surface area contributed by atoms with Gasteiger partial charge in [-0.15, -0.1) is 12.4 Å². The number of rotatable bonds is 1. The molecule has 0 aliphatic heterocycles. The molecule has 2 nitrogen and oxygen atoms in total. The minimum Gasteiger partial charge on any atom is -0.454 e. The minimum atomic E-state index is -0.738. The van der Waals surface area contributed by atoms with Crippen LogP contribution < -0.4 is 0 Å². The fourth-order valence-electron chi connectivity index (χ4n) is 0.113. The maximum atomic E-state index is 9.59. The lowest BCUT2D eigenvalue weighted by atomic mass is 10.9. The average molecular weight is 145 g/mol. The Morgan fingerprint density at radius 2 is 2.29 bits per heavy atom. The van der Waals surface area contributed by atoms with Crippen molar-refractivity contribution in [3.05, 3.63) is 0 Å². The second-order valence-corrected chi connectivity index (χ2v) is 0.979. The Hall–Kier alpha value is 0.0500. The molecule has 0 atom stereocenters. The molecule has 0 unspecified atom stereocenters. The smallest absolute Gasteiger partial charge is 0.403 e. The summed E-state index contributed by atoms with van der Waals surface area (Å²) in [5.41, 5.74) is -0.738. The van der Waals surface area contributed by atoms with Crippen molar-refractivity contribution in [3.8, 4) is 0 Å². The Kier molecular flexibility index (Phi) is 8.75. The summed E-state index contributed by atoms with van der Waals surface area (Å²) in [6, 6.07) is 0. The summed E-state index contributed by atoms with van der Waals surface area (Å²) in [6.45, 7) is 2.04. The van der Waals surface area contributed by atoms with E-state index in [-0.39, 0.29) is 12.4 Å². The zero-order valence-corrected chi connectivity index (χ0v) is 5.38. The van der Waals surface area contributed by atoms with Crippen molar-refractivity contribution in [1.82, 2.24) is 0 Å². The normalized spacial score (nSPS) is 6.57. The van der Waals surface area contributed by atoms with Crippen LogP contribution in [0, 0.1) is 0 Å². The van der Waals surface area contributed by atoms with Crippen LogP contribution in [-0.2, 0) is 4.74 Å². The van der Waals surface area contributed by atoms with Crippen LogP contribution >= 0.6 is 24.0 Å². The molecule has 44 valence electrons. The van der Waals surface area contributed by atoms with E-state index in [0.29, 0.717) is 6.61 Å². The zero-order valence-electron chi connectivity index (χ0n) is 3.81. The molecule has 0 fully saturated rings. The highest BCUT2D eigenvalue weighted by Gasteiger charge is 1.85. The van der Waals surface area contributed by atoms with E-state index in [2.05, 4.69) is 4.74 Å². The van der Waals surface area contributed by atoms with Gasteiger partial charge in [0.2, 0.25) is 0 Å². The number of ether oxygens (including phenoxy) is 1. The summed E-state index contributed by atoms with van der Waals surface area (Å²) in [5, 5.41) is 0. The Morgan fingerprint density at radius 1 is 1.86 bits per heavy atom. The Bertz CT molecular complexity index is 54.9. The van der Waals surface area contributed by atoms with Crippen molar-refractivity contribution >= 4 is 29.4 Å². The number of halogens is 2. The van der Waals surface area contributed by atoms with Crippen LogP contribution in [0.5, 0.6) is 0 Å². The average Bonchev–Trinajstić information content (AvgIpc) is 1.35. The molecule has 0 bridgehead atoms. The standard InChI is InChI=1S/C3H5ClO2.ClH/c1-2-6-3(4)5;/h2H2,1H3;1H. The molecule has 0 aromatic carbocycles. The van der Waals surface area contributed by atoms with Crippen molar-refractivity contribution in [2.75, 3.05) is 6.61 Å². The number of carbonyl (C=O) groups excluding carboxylic acids is 1. The molecule has 0 N–H and O–H groups in total. The molecule has 0 aromatic rings. The Labute approximate surface area is 53.2 Å². The van der Waals surface area contributed by atoms with Crippen molar-refractivity contribution in [3.63, 3.8) is 0 Å². The predicted molar refractivity (Wildman–Crippen MR) is 30.1 cm³/mol. The molecule has 0 radical (unpaired) electrons. The van der Waals surface area contributed by atoms with Crippen LogP contribution in [0.3, 0.4) is 0 Å². The lowest BCUT2D eigenvalue weighted by Gasteiger charge is -1.86. The highest BCUT2D eigenvalue weighted by Crippen LogP contribution is 1.82. The van der Waals surface area contributed by atoms with Gasteiger partial charge in [0, 0.05) is 11.6 Å². The first-order valence-corrected chi connectivity index (χ1v) is 1.97. The van der Waals surface area contributed by atoms with Crippen LogP contribution in [0.2, 0.25) is 0 Å². The van der Waals surface area contributed by atoms with Gasteiger partial charge in [-0.1, -0.05) is 0 Å². The molecule has 0 amide bonds. The van der Waals surface area contributed by atoms with Gasteiger partial charge in [0.1, 0.15) is 0 Å². The quantitative estimate of drug-likeness (QED) is 0.526. The third-order valence-corrected chi connectivity index (χ3v) is 0.367. The molecule has 7 heavy (non-hydrogen) atoms. The fourth-order valence-corrected chi connectivity index (χ4v) is 0.223. The van der Waals surface area contributed by atoms with Gasteiger partial charge in [0.25, 0.3) is 0 Å². The van der Waals surface area contributed by atoms with Crippen LogP contribution in [0.25, 0.3) is 0 Å². The van der Waals surface area contributed by atoms with Gasteiger partial charge in [0.05, 0.1) is 6.61 Å². The highest BCUT2D eigenvalue weighted by molar-refractivity contribution is 6.61. The summed E-state index contributed by atoms with van der Waals surface area (Å²) in [6.07, 6.45) is 0. The van der Waals surface area contributed by atoms with Crippen molar-refractivity contribution in [2.45, 2.75) is 6.92 Å². The lowest BCUT2D eigenvalue weighted by molar-refractivity contribution is 0.180. The lowest BCUT2D eigenvalue weighted by Crippen LogP contribution is -1.89. The van der Waals surface area contributed by atoms with E-state index in [4.69, 9.17) is 11.6 Å². The minimum absolute atomic E-state index is 0. The predicted octanol–water partition coefficient (Wildman–Crippen LogP) is 1.80. The molecule has 0 aromatic heterocycles. The van der Waals surface area contributed by atoms with Gasteiger partial charge in [-0.25, -0.2) is 4.79 Å². The van der Waals surface area contributed by atoms with E-state index in [0.717, 1.165) is 0 Å². The Balaban J connectivity index is 0. The molecule has 0 aliphatic rings. The molecular formula is C3H6Cl2O2. The van der Waals surface area contributed by atoms with Gasteiger partial charge < -0.3 is 4.74 Å². The molecule has 0 saturated carbocycles. The van der Waals surface area contributed by atoms with Crippen molar-refractivity contribution < 1.29 is 9.53 Å².